The topological polar surface area (TPSA) is 118 Å². The minimum atomic E-state index is -4.41. The van der Waals surface area contributed by atoms with Gasteiger partial charge in [0.1, 0.15) is 5.75 Å². The predicted molar refractivity (Wildman–Crippen MR) is 135 cm³/mol. The first-order chi connectivity index (χ1) is 15.5. The van der Waals surface area contributed by atoms with Gasteiger partial charge in [0, 0.05) is 14.3 Å². The molecule has 0 aliphatic heterocycles. The van der Waals surface area contributed by atoms with Gasteiger partial charge in [-0.2, -0.15) is 0 Å². The van der Waals surface area contributed by atoms with E-state index in [1.165, 1.54) is 24.3 Å². The van der Waals surface area contributed by atoms with E-state index in [0.29, 0.717) is 25.7 Å². The molecule has 4 aromatic carbocycles. The minimum absolute atomic E-state index is 0.150. The second-order valence-corrected chi connectivity index (χ2v) is 12.2. The summed E-state index contributed by atoms with van der Waals surface area (Å²) in [6.45, 7) is 0. The molecule has 0 spiro atoms. The first-order valence-corrected chi connectivity index (χ1v) is 13.9. The van der Waals surface area contributed by atoms with Crippen molar-refractivity contribution in [3.63, 3.8) is 0 Å². The van der Waals surface area contributed by atoms with Gasteiger partial charge in [-0.05, 0) is 66.0 Å². The Hall–Kier alpha value is -2.44. The Morgan fingerprint density at radius 2 is 1.33 bits per heavy atom. The summed E-state index contributed by atoms with van der Waals surface area (Å²) in [6.07, 6.45) is 0. The van der Waals surface area contributed by atoms with E-state index in [0.717, 1.165) is 10.4 Å². The molecule has 0 atom stereocenters. The molecule has 0 aliphatic carbocycles. The third-order valence-electron chi connectivity index (χ3n) is 4.81. The lowest BCUT2D eigenvalue weighted by Crippen LogP contribution is -2.27. The maximum Gasteiger partial charge on any atom is 0.269 e. The summed E-state index contributed by atoms with van der Waals surface area (Å²) in [7, 11) is -8.62. The lowest BCUT2D eigenvalue weighted by Gasteiger charge is -2.26. The van der Waals surface area contributed by atoms with Crippen LogP contribution in [0.3, 0.4) is 0 Å². The first kappa shape index (κ1) is 23.7. The monoisotopic (exact) mass is 610 g/mol. The fourth-order valence-corrected chi connectivity index (χ4v) is 6.52. The molecule has 0 aliphatic rings. The van der Waals surface area contributed by atoms with Gasteiger partial charge in [-0.3, -0.25) is 0 Å². The van der Waals surface area contributed by atoms with E-state index in [-0.39, 0.29) is 20.9 Å². The smallest absolute Gasteiger partial charge is 0.269 e. The quantitative estimate of drug-likeness (QED) is 0.320. The average Bonchev–Trinajstić information content (AvgIpc) is 2.72. The van der Waals surface area contributed by atoms with E-state index in [1.54, 1.807) is 48.5 Å². The van der Waals surface area contributed by atoms with Gasteiger partial charge in [0.15, 0.2) is 0 Å². The SMILES string of the molecule is NS(=O)(=O)c1cc(S(=O)(=O)N(c2cccc(Br)c2)c2cccc(Br)c2)c2cc(O)ccc2c1. The van der Waals surface area contributed by atoms with E-state index in [1.807, 2.05) is 0 Å². The highest BCUT2D eigenvalue weighted by molar-refractivity contribution is 9.10. The number of aromatic hydroxyl groups is 1. The molecule has 3 N–H and O–H groups in total. The van der Waals surface area contributed by atoms with E-state index in [2.05, 4.69) is 31.9 Å². The summed E-state index contributed by atoms with van der Waals surface area (Å²) in [5.74, 6) is -0.168. The van der Waals surface area contributed by atoms with Crippen molar-refractivity contribution >= 4 is 74.1 Å². The van der Waals surface area contributed by atoms with Crippen LogP contribution in [0.15, 0.2) is 97.6 Å². The van der Waals surface area contributed by atoms with Crippen LogP contribution in [0.2, 0.25) is 0 Å². The van der Waals surface area contributed by atoms with Gasteiger partial charge >= 0.3 is 0 Å². The Labute approximate surface area is 207 Å². The van der Waals surface area contributed by atoms with Crippen LogP contribution < -0.4 is 9.44 Å². The minimum Gasteiger partial charge on any atom is -0.508 e. The summed E-state index contributed by atoms with van der Waals surface area (Å²) >= 11 is 6.74. The predicted octanol–water partition coefficient (Wildman–Crippen LogP) is 5.24. The average molecular weight is 612 g/mol. The largest absolute Gasteiger partial charge is 0.508 e. The van der Waals surface area contributed by atoms with E-state index in [9.17, 15) is 21.9 Å². The van der Waals surface area contributed by atoms with Gasteiger partial charge in [0.2, 0.25) is 10.0 Å². The maximum absolute atomic E-state index is 14.1. The summed E-state index contributed by atoms with van der Waals surface area (Å²) in [5, 5.41) is 15.8. The number of phenols is 1. The molecule has 0 bridgehead atoms. The zero-order valence-corrected chi connectivity index (χ0v) is 21.5. The molecule has 0 fully saturated rings. The lowest BCUT2D eigenvalue weighted by atomic mass is 10.1. The number of anilines is 2. The van der Waals surface area contributed by atoms with E-state index in [4.69, 9.17) is 5.14 Å². The molecule has 0 heterocycles. The molecule has 7 nitrogen and oxygen atoms in total. The lowest BCUT2D eigenvalue weighted by molar-refractivity contribution is 0.476. The molecule has 11 heteroatoms. The van der Waals surface area contributed by atoms with Crippen LogP contribution in [-0.4, -0.2) is 21.9 Å². The molecular formula is C22H16Br2N2O5S2. The molecule has 0 saturated carbocycles. The number of hydrogen-bond acceptors (Lipinski definition) is 5. The standard InChI is InChI=1S/C22H16Br2N2O5S2/c23-15-3-1-5-17(10-15)26(18-6-2-4-16(24)11-18)33(30,31)22-13-20(32(25,28)29)9-14-7-8-19(27)12-21(14)22/h1-13,27H,(H2,25,28,29). The Morgan fingerprint density at radius 3 is 1.85 bits per heavy atom. The van der Waals surface area contributed by atoms with Crippen molar-refractivity contribution in [2.24, 2.45) is 5.14 Å². The zero-order valence-electron chi connectivity index (χ0n) is 16.7. The zero-order chi connectivity index (χ0) is 24.0. The fraction of sp³-hybridized carbons (Fsp3) is 0. The van der Waals surface area contributed by atoms with Crippen LogP contribution in [0.1, 0.15) is 0 Å². The Balaban J connectivity index is 2.10. The number of phenolic OH excluding ortho intramolecular Hbond substituents is 1. The summed E-state index contributed by atoms with van der Waals surface area (Å²) in [4.78, 5) is -0.678. The summed E-state index contributed by atoms with van der Waals surface area (Å²) < 4.78 is 54.9. The van der Waals surface area contributed by atoms with Crippen LogP contribution in [0, 0.1) is 0 Å². The Bertz CT molecular complexity index is 1560. The van der Waals surface area contributed by atoms with Gasteiger partial charge in [-0.25, -0.2) is 26.3 Å². The number of nitrogens with zero attached hydrogens (tertiary/aromatic N) is 1. The first-order valence-electron chi connectivity index (χ1n) is 9.33. The van der Waals surface area contributed by atoms with Crippen LogP contribution in [0.25, 0.3) is 10.8 Å². The molecule has 4 aromatic rings. The van der Waals surface area contributed by atoms with Crippen LogP contribution in [-0.2, 0) is 20.0 Å². The normalized spacial score (nSPS) is 12.1. The van der Waals surface area contributed by atoms with Gasteiger partial charge in [0.05, 0.1) is 21.2 Å². The van der Waals surface area contributed by atoms with Gasteiger partial charge < -0.3 is 5.11 Å². The second kappa shape index (κ2) is 8.73. The van der Waals surface area contributed by atoms with Crippen molar-refractivity contribution in [1.29, 1.82) is 0 Å². The number of primary sulfonamides is 1. The van der Waals surface area contributed by atoms with Gasteiger partial charge in [-0.15, -0.1) is 0 Å². The van der Waals surface area contributed by atoms with Crippen LogP contribution in [0.4, 0.5) is 11.4 Å². The molecule has 170 valence electrons. The second-order valence-electron chi connectivity index (χ2n) is 7.10. The molecular weight excluding hydrogens is 596 g/mol. The number of rotatable bonds is 5. The highest BCUT2D eigenvalue weighted by Gasteiger charge is 2.30. The van der Waals surface area contributed by atoms with Crippen molar-refractivity contribution < 1.29 is 21.9 Å². The van der Waals surface area contributed by atoms with Crippen molar-refractivity contribution in [3.8, 4) is 5.75 Å². The molecule has 0 radical (unpaired) electrons. The maximum atomic E-state index is 14.1. The summed E-state index contributed by atoms with van der Waals surface area (Å²) in [6, 6.07) is 19.7. The third kappa shape index (κ3) is 4.78. The molecule has 0 unspecified atom stereocenters. The molecule has 0 aromatic heterocycles. The van der Waals surface area contributed by atoms with Crippen LogP contribution >= 0.6 is 31.9 Å². The van der Waals surface area contributed by atoms with Crippen molar-refractivity contribution in [3.05, 3.63) is 87.8 Å². The third-order valence-corrected chi connectivity index (χ3v) is 8.48. The van der Waals surface area contributed by atoms with Gasteiger partial charge in [0.25, 0.3) is 10.0 Å². The van der Waals surface area contributed by atoms with Crippen molar-refractivity contribution in [2.45, 2.75) is 9.79 Å². The fourth-order valence-electron chi connectivity index (χ4n) is 3.39. The number of hydrogen-bond donors (Lipinski definition) is 2. The highest BCUT2D eigenvalue weighted by atomic mass is 79.9. The Kier molecular flexibility index (Phi) is 6.27. The van der Waals surface area contributed by atoms with E-state index >= 15 is 0 Å². The number of halogens is 2. The number of nitrogens with two attached hydrogens (primary N) is 1. The number of fused-ring (bicyclic) bond motifs is 1. The van der Waals surface area contributed by atoms with Crippen molar-refractivity contribution in [2.75, 3.05) is 4.31 Å². The molecule has 33 heavy (non-hydrogen) atoms. The molecule has 4 rings (SSSR count). The number of sulfonamides is 2. The van der Waals surface area contributed by atoms with Crippen LogP contribution in [0.5, 0.6) is 5.75 Å². The van der Waals surface area contributed by atoms with E-state index < -0.39 is 20.0 Å². The summed E-state index contributed by atoms with van der Waals surface area (Å²) in [5.41, 5.74) is 0.633. The number of benzene rings is 4. The van der Waals surface area contributed by atoms with Crippen molar-refractivity contribution in [1.82, 2.24) is 0 Å². The Morgan fingerprint density at radius 1 is 0.758 bits per heavy atom. The molecule has 0 amide bonds. The highest BCUT2D eigenvalue weighted by Crippen LogP contribution is 2.38. The molecule has 0 saturated heterocycles. The van der Waals surface area contributed by atoms with Gasteiger partial charge in [-0.1, -0.05) is 50.1 Å².